The molecule has 0 bridgehead atoms. The van der Waals surface area contributed by atoms with Gasteiger partial charge >= 0.3 is 0 Å². The van der Waals surface area contributed by atoms with E-state index in [1.54, 1.807) is 20.8 Å². The molecule has 1 unspecified atom stereocenters. The standard InChI is InChI=1S/C9H21NO3S/c1-8(5-6-11)7-10-14(12,13)9(2,3)4/h8,10-11H,5-7H2,1-4H3. The van der Waals surface area contributed by atoms with Crippen LogP contribution in [-0.4, -0.2) is 31.4 Å². The van der Waals surface area contributed by atoms with Crippen molar-refractivity contribution in [2.45, 2.75) is 38.9 Å². The third-order valence-electron chi connectivity index (χ3n) is 2.05. The van der Waals surface area contributed by atoms with Crippen molar-refractivity contribution in [3.63, 3.8) is 0 Å². The van der Waals surface area contributed by atoms with Gasteiger partial charge < -0.3 is 5.11 Å². The normalized spacial score (nSPS) is 15.5. The molecular formula is C9H21NO3S. The maximum absolute atomic E-state index is 11.6. The Hall–Kier alpha value is -0.130. The number of rotatable bonds is 5. The maximum atomic E-state index is 11.6. The summed E-state index contributed by atoms with van der Waals surface area (Å²) in [7, 11) is -3.24. The molecule has 0 heterocycles. The predicted octanol–water partition coefficient (Wildman–Crippen LogP) is 0.723. The van der Waals surface area contributed by atoms with Gasteiger partial charge in [0, 0.05) is 13.2 Å². The van der Waals surface area contributed by atoms with E-state index in [9.17, 15) is 8.42 Å². The number of aliphatic hydroxyl groups excluding tert-OH is 1. The summed E-state index contributed by atoms with van der Waals surface area (Å²) in [6.07, 6.45) is 0.618. The molecule has 0 aliphatic heterocycles. The Morgan fingerprint density at radius 2 is 1.86 bits per heavy atom. The van der Waals surface area contributed by atoms with E-state index in [1.807, 2.05) is 6.92 Å². The first-order valence-corrected chi connectivity index (χ1v) is 6.29. The van der Waals surface area contributed by atoms with Gasteiger partial charge in [-0.25, -0.2) is 13.1 Å². The van der Waals surface area contributed by atoms with Crippen molar-refractivity contribution in [3.8, 4) is 0 Å². The van der Waals surface area contributed by atoms with Gasteiger partial charge in [-0.15, -0.1) is 0 Å². The Kier molecular flexibility index (Phi) is 5.05. The van der Waals surface area contributed by atoms with E-state index < -0.39 is 14.8 Å². The minimum absolute atomic E-state index is 0.0956. The van der Waals surface area contributed by atoms with Crippen molar-refractivity contribution in [1.29, 1.82) is 0 Å². The van der Waals surface area contributed by atoms with Gasteiger partial charge in [-0.05, 0) is 33.1 Å². The average Bonchev–Trinajstić information content (AvgIpc) is 1.99. The second kappa shape index (κ2) is 5.09. The van der Waals surface area contributed by atoms with E-state index in [1.165, 1.54) is 0 Å². The number of hydrogen-bond acceptors (Lipinski definition) is 3. The minimum atomic E-state index is -3.24. The van der Waals surface area contributed by atoms with Crippen molar-refractivity contribution in [1.82, 2.24) is 4.72 Å². The molecule has 0 aromatic heterocycles. The van der Waals surface area contributed by atoms with E-state index in [-0.39, 0.29) is 12.5 Å². The lowest BCUT2D eigenvalue weighted by atomic mass is 10.1. The molecule has 0 rings (SSSR count). The Balaban J connectivity index is 4.14. The van der Waals surface area contributed by atoms with Crippen LogP contribution in [0.4, 0.5) is 0 Å². The van der Waals surface area contributed by atoms with Crippen molar-refractivity contribution in [2.24, 2.45) is 5.92 Å². The quantitative estimate of drug-likeness (QED) is 0.722. The smallest absolute Gasteiger partial charge is 0.216 e. The van der Waals surface area contributed by atoms with Crippen LogP contribution in [0.2, 0.25) is 0 Å². The first-order chi connectivity index (χ1) is 6.20. The predicted molar refractivity (Wildman–Crippen MR) is 57.5 cm³/mol. The molecule has 0 fully saturated rings. The molecule has 0 radical (unpaired) electrons. The second-order valence-electron chi connectivity index (χ2n) is 4.58. The number of hydrogen-bond donors (Lipinski definition) is 2. The molecule has 0 saturated carbocycles. The van der Waals surface area contributed by atoms with Crippen LogP contribution in [0.15, 0.2) is 0 Å². The fourth-order valence-electron chi connectivity index (χ4n) is 0.791. The summed E-state index contributed by atoms with van der Waals surface area (Å²) in [5.74, 6) is 0.164. The van der Waals surface area contributed by atoms with Gasteiger partial charge in [-0.3, -0.25) is 0 Å². The molecule has 4 nitrogen and oxygen atoms in total. The topological polar surface area (TPSA) is 66.4 Å². The van der Waals surface area contributed by atoms with Crippen LogP contribution in [0.3, 0.4) is 0 Å². The van der Waals surface area contributed by atoms with Gasteiger partial charge in [0.15, 0.2) is 0 Å². The van der Waals surface area contributed by atoms with Gasteiger partial charge in [-0.2, -0.15) is 0 Å². The summed E-state index contributed by atoms with van der Waals surface area (Å²) >= 11 is 0. The molecule has 0 amide bonds. The highest BCUT2D eigenvalue weighted by Gasteiger charge is 2.28. The molecule has 0 saturated heterocycles. The summed E-state index contributed by atoms with van der Waals surface area (Å²) in [6, 6.07) is 0. The third kappa shape index (κ3) is 4.39. The number of aliphatic hydroxyl groups is 1. The lowest BCUT2D eigenvalue weighted by Crippen LogP contribution is -2.41. The van der Waals surface area contributed by atoms with E-state index in [2.05, 4.69) is 4.72 Å². The van der Waals surface area contributed by atoms with Crippen LogP contribution in [0.5, 0.6) is 0 Å². The van der Waals surface area contributed by atoms with E-state index >= 15 is 0 Å². The largest absolute Gasteiger partial charge is 0.396 e. The molecule has 0 aliphatic rings. The molecule has 14 heavy (non-hydrogen) atoms. The SMILES string of the molecule is CC(CCO)CNS(=O)(=O)C(C)(C)C. The summed E-state index contributed by atoms with van der Waals surface area (Å²) < 4.78 is 24.9. The summed E-state index contributed by atoms with van der Waals surface area (Å²) in [5, 5.41) is 8.65. The Labute approximate surface area is 86.8 Å². The number of nitrogens with one attached hydrogen (secondary N) is 1. The third-order valence-corrected chi connectivity index (χ3v) is 4.21. The first-order valence-electron chi connectivity index (χ1n) is 4.81. The molecule has 5 heteroatoms. The van der Waals surface area contributed by atoms with E-state index in [4.69, 9.17) is 5.11 Å². The highest BCUT2D eigenvalue weighted by atomic mass is 32.2. The van der Waals surface area contributed by atoms with E-state index in [0.29, 0.717) is 13.0 Å². The molecular weight excluding hydrogens is 202 g/mol. The molecule has 0 spiro atoms. The number of sulfonamides is 1. The Bertz CT molecular complexity index is 254. The summed E-state index contributed by atoms with van der Waals surface area (Å²) in [4.78, 5) is 0. The van der Waals surface area contributed by atoms with Crippen LogP contribution in [0.25, 0.3) is 0 Å². The summed E-state index contributed by atoms with van der Waals surface area (Å²) in [5.41, 5.74) is 0. The molecule has 0 aromatic rings. The average molecular weight is 223 g/mol. The van der Waals surface area contributed by atoms with E-state index in [0.717, 1.165) is 0 Å². The summed E-state index contributed by atoms with van der Waals surface area (Å²) in [6.45, 7) is 7.37. The molecule has 0 aliphatic carbocycles. The van der Waals surface area contributed by atoms with Crippen molar-refractivity contribution in [2.75, 3.05) is 13.2 Å². The monoisotopic (exact) mass is 223 g/mol. The first kappa shape index (κ1) is 13.9. The lowest BCUT2D eigenvalue weighted by Gasteiger charge is -2.21. The second-order valence-corrected chi connectivity index (χ2v) is 7.10. The van der Waals surface area contributed by atoms with Crippen molar-refractivity contribution < 1.29 is 13.5 Å². The highest BCUT2D eigenvalue weighted by molar-refractivity contribution is 7.90. The van der Waals surface area contributed by atoms with Crippen molar-refractivity contribution in [3.05, 3.63) is 0 Å². The van der Waals surface area contributed by atoms with Crippen molar-refractivity contribution >= 4 is 10.0 Å². The Morgan fingerprint density at radius 1 is 1.36 bits per heavy atom. The van der Waals surface area contributed by atoms with Gasteiger partial charge in [0.1, 0.15) is 0 Å². The molecule has 1 atom stereocenters. The maximum Gasteiger partial charge on any atom is 0.216 e. The molecule has 2 N–H and O–H groups in total. The molecule has 86 valence electrons. The minimum Gasteiger partial charge on any atom is -0.396 e. The Morgan fingerprint density at radius 3 is 2.21 bits per heavy atom. The fraction of sp³-hybridized carbons (Fsp3) is 1.00. The highest BCUT2D eigenvalue weighted by Crippen LogP contribution is 2.13. The van der Waals surface area contributed by atoms with Crippen LogP contribution in [0.1, 0.15) is 34.1 Å². The van der Waals surface area contributed by atoms with Crippen LogP contribution < -0.4 is 4.72 Å². The zero-order chi connectivity index (χ0) is 11.4. The van der Waals surface area contributed by atoms with Gasteiger partial charge in [0.2, 0.25) is 10.0 Å². The molecule has 0 aromatic carbocycles. The van der Waals surface area contributed by atoms with Crippen LogP contribution in [-0.2, 0) is 10.0 Å². The zero-order valence-corrected chi connectivity index (χ0v) is 10.2. The zero-order valence-electron chi connectivity index (χ0n) is 9.37. The van der Waals surface area contributed by atoms with Gasteiger partial charge in [-0.1, -0.05) is 6.92 Å². The van der Waals surface area contributed by atoms with Crippen LogP contribution >= 0.6 is 0 Å². The fourth-order valence-corrected chi connectivity index (χ4v) is 1.73. The van der Waals surface area contributed by atoms with Gasteiger partial charge in [0.25, 0.3) is 0 Å². The van der Waals surface area contributed by atoms with Crippen LogP contribution in [0, 0.1) is 5.92 Å². The lowest BCUT2D eigenvalue weighted by molar-refractivity contribution is 0.262. The van der Waals surface area contributed by atoms with Gasteiger partial charge in [0.05, 0.1) is 4.75 Å².